The van der Waals surface area contributed by atoms with E-state index in [1.54, 1.807) is 30.3 Å². The second kappa shape index (κ2) is 6.16. The SMILES string of the molecule is CN(CC1CCCCO1)C(=O)c1cccnc1Cl. The number of halogens is 1. The Morgan fingerprint density at radius 3 is 3.11 bits per heavy atom. The third-order valence-corrected chi connectivity index (χ3v) is 3.39. The van der Waals surface area contributed by atoms with Gasteiger partial charge >= 0.3 is 0 Å². The monoisotopic (exact) mass is 268 g/mol. The first-order valence-electron chi connectivity index (χ1n) is 6.16. The Balaban J connectivity index is 1.98. The number of hydrogen-bond acceptors (Lipinski definition) is 3. The van der Waals surface area contributed by atoms with Crippen LogP contribution in [0.5, 0.6) is 0 Å². The number of aromatic nitrogens is 1. The van der Waals surface area contributed by atoms with Crippen LogP contribution in [0.3, 0.4) is 0 Å². The fourth-order valence-electron chi connectivity index (χ4n) is 2.09. The van der Waals surface area contributed by atoms with Crippen molar-refractivity contribution in [3.8, 4) is 0 Å². The summed E-state index contributed by atoms with van der Waals surface area (Å²) in [7, 11) is 1.77. The molecule has 1 aliphatic heterocycles. The van der Waals surface area contributed by atoms with Gasteiger partial charge in [0.05, 0.1) is 11.7 Å². The second-order valence-corrected chi connectivity index (χ2v) is 4.87. The van der Waals surface area contributed by atoms with E-state index in [0.29, 0.717) is 12.1 Å². The molecule has 0 bridgehead atoms. The summed E-state index contributed by atoms with van der Waals surface area (Å²) in [6.07, 6.45) is 5.01. The minimum atomic E-state index is -0.109. The number of carbonyl (C=O) groups excluding carboxylic acids is 1. The third-order valence-electron chi connectivity index (χ3n) is 3.09. The van der Waals surface area contributed by atoms with Gasteiger partial charge in [-0.3, -0.25) is 4.79 Å². The van der Waals surface area contributed by atoms with Crippen LogP contribution in [0.25, 0.3) is 0 Å². The number of ether oxygens (including phenoxy) is 1. The van der Waals surface area contributed by atoms with Gasteiger partial charge in [-0.15, -0.1) is 0 Å². The molecule has 1 aromatic heterocycles. The summed E-state index contributed by atoms with van der Waals surface area (Å²) >= 11 is 5.92. The van der Waals surface area contributed by atoms with E-state index in [1.807, 2.05) is 0 Å². The lowest BCUT2D eigenvalue weighted by atomic mass is 10.1. The smallest absolute Gasteiger partial charge is 0.256 e. The highest BCUT2D eigenvalue weighted by molar-refractivity contribution is 6.32. The van der Waals surface area contributed by atoms with Gasteiger partial charge < -0.3 is 9.64 Å². The van der Waals surface area contributed by atoms with E-state index in [0.717, 1.165) is 19.4 Å². The summed E-state index contributed by atoms with van der Waals surface area (Å²) in [6.45, 7) is 1.39. The molecule has 0 N–H and O–H groups in total. The van der Waals surface area contributed by atoms with Crippen LogP contribution in [-0.4, -0.2) is 42.1 Å². The first-order valence-corrected chi connectivity index (χ1v) is 6.54. The van der Waals surface area contributed by atoms with Crippen LogP contribution in [0.1, 0.15) is 29.6 Å². The molecule has 0 spiro atoms. The van der Waals surface area contributed by atoms with E-state index >= 15 is 0 Å². The number of hydrogen-bond donors (Lipinski definition) is 0. The normalized spacial score (nSPS) is 19.6. The zero-order chi connectivity index (χ0) is 13.0. The first kappa shape index (κ1) is 13.3. The fraction of sp³-hybridized carbons (Fsp3) is 0.538. The Kier molecular flexibility index (Phi) is 4.55. The highest BCUT2D eigenvalue weighted by Gasteiger charge is 2.21. The summed E-state index contributed by atoms with van der Waals surface area (Å²) in [4.78, 5) is 17.8. The minimum Gasteiger partial charge on any atom is -0.376 e. The van der Waals surface area contributed by atoms with Crippen molar-refractivity contribution in [2.45, 2.75) is 25.4 Å². The fourth-order valence-corrected chi connectivity index (χ4v) is 2.29. The molecule has 1 aromatic rings. The molecule has 18 heavy (non-hydrogen) atoms. The third kappa shape index (κ3) is 3.21. The van der Waals surface area contributed by atoms with Crippen molar-refractivity contribution in [3.05, 3.63) is 29.0 Å². The second-order valence-electron chi connectivity index (χ2n) is 4.52. The molecule has 5 heteroatoms. The number of likely N-dealkylation sites (N-methyl/N-ethyl adjacent to an activating group) is 1. The van der Waals surface area contributed by atoms with Gasteiger partial charge in [0.15, 0.2) is 0 Å². The number of rotatable bonds is 3. The van der Waals surface area contributed by atoms with E-state index in [1.165, 1.54) is 6.42 Å². The van der Waals surface area contributed by atoms with Crippen LogP contribution in [0.2, 0.25) is 5.15 Å². The minimum absolute atomic E-state index is 0.109. The topological polar surface area (TPSA) is 42.4 Å². The molecule has 1 saturated heterocycles. The van der Waals surface area contributed by atoms with Gasteiger partial charge in [-0.2, -0.15) is 0 Å². The van der Waals surface area contributed by atoms with Crippen molar-refractivity contribution >= 4 is 17.5 Å². The van der Waals surface area contributed by atoms with Crippen molar-refractivity contribution in [1.29, 1.82) is 0 Å². The molecule has 1 aliphatic rings. The number of carbonyl (C=O) groups is 1. The Morgan fingerprint density at radius 1 is 1.61 bits per heavy atom. The molecule has 1 unspecified atom stereocenters. The summed E-state index contributed by atoms with van der Waals surface area (Å²) < 4.78 is 5.62. The Hall–Kier alpha value is -1.13. The van der Waals surface area contributed by atoms with Crippen LogP contribution in [0, 0.1) is 0 Å². The van der Waals surface area contributed by atoms with E-state index in [-0.39, 0.29) is 17.2 Å². The molecule has 4 nitrogen and oxygen atoms in total. The molecule has 1 amide bonds. The summed E-state index contributed by atoms with van der Waals surface area (Å²) in [6, 6.07) is 3.40. The van der Waals surface area contributed by atoms with Gasteiger partial charge in [-0.05, 0) is 31.4 Å². The van der Waals surface area contributed by atoms with Gasteiger partial charge in [0.25, 0.3) is 5.91 Å². The van der Waals surface area contributed by atoms with E-state index < -0.39 is 0 Å². The van der Waals surface area contributed by atoms with Crippen LogP contribution in [0.15, 0.2) is 18.3 Å². The average molecular weight is 269 g/mol. The van der Waals surface area contributed by atoms with Crippen LogP contribution < -0.4 is 0 Å². The van der Waals surface area contributed by atoms with Crippen molar-refractivity contribution in [2.24, 2.45) is 0 Å². The first-order chi connectivity index (χ1) is 8.68. The van der Waals surface area contributed by atoms with Crippen LogP contribution >= 0.6 is 11.6 Å². The van der Waals surface area contributed by atoms with Crippen LogP contribution in [-0.2, 0) is 4.74 Å². The molecular formula is C13H17ClN2O2. The van der Waals surface area contributed by atoms with Crippen molar-refractivity contribution < 1.29 is 9.53 Å². The highest BCUT2D eigenvalue weighted by Crippen LogP contribution is 2.17. The van der Waals surface area contributed by atoms with Crippen molar-refractivity contribution in [3.63, 3.8) is 0 Å². The summed E-state index contributed by atoms with van der Waals surface area (Å²) in [5.74, 6) is -0.109. The lowest BCUT2D eigenvalue weighted by Gasteiger charge is -2.27. The number of nitrogens with zero attached hydrogens (tertiary/aromatic N) is 2. The predicted molar refractivity (Wildman–Crippen MR) is 69.8 cm³/mol. The standard InChI is InChI=1S/C13H17ClN2O2/c1-16(9-10-5-2-3-8-18-10)13(17)11-6-4-7-15-12(11)14/h4,6-7,10H,2-3,5,8-9H2,1H3. The molecule has 0 radical (unpaired) electrons. The lowest BCUT2D eigenvalue weighted by Crippen LogP contribution is -2.37. The van der Waals surface area contributed by atoms with Crippen LogP contribution in [0.4, 0.5) is 0 Å². The largest absolute Gasteiger partial charge is 0.376 e. The molecular weight excluding hydrogens is 252 g/mol. The number of amides is 1. The summed E-state index contributed by atoms with van der Waals surface area (Å²) in [5, 5.41) is 0.249. The lowest BCUT2D eigenvalue weighted by molar-refractivity contribution is -0.000192. The van der Waals surface area contributed by atoms with Gasteiger partial charge in [-0.25, -0.2) is 4.98 Å². The molecule has 98 valence electrons. The highest BCUT2D eigenvalue weighted by atomic mass is 35.5. The van der Waals surface area contributed by atoms with E-state index in [9.17, 15) is 4.79 Å². The summed E-state index contributed by atoms with van der Waals surface area (Å²) in [5.41, 5.74) is 0.442. The quantitative estimate of drug-likeness (QED) is 0.791. The zero-order valence-electron chi connectivity index (χ0n) is 10.4. The van der Waals surface area contributed by atoms with Gasteiger partial charge in [0.1, 0.15) is 5.15 Å². The molecule has 1 atom stereocenters. The molecule has 2 heterocycles. The maximum atomic E-state index is 12.2. The zero-order valence-corrected chi connectivity index (χ0v) is 11.2. The molecule has 0 aromatic carbocycles. The Morgan fingerprint density at radius 2 is 2.44 bits per heavy atom. The molecule has 0 saturated carbocycles. The number of pyridine rings is 1. The molecule has 0 aliphatic carbocycles. The van der Waals surface area contributed by atoms with Gasteiger partial charge in [-0.1, -0.05) is 11.6 Å². The van der Waals surface area contributed by atoms with E-state index in [2.05, 4.69) is 4.98 Å². The molecule has 2 rings (SSSR count). The van der Waals surface area contributed by atoms with Gasteiger partial charge in [0.2, 0.25) is 0 Å². The Labute approximate surface area is 112 Å². The van der Waals surface area contributed by atoms with E-state index in [4.69, 9.17) is 16.3 Å². The predicted octanol–water partition coefficient (Wildman–Crippen LogP) is 2.38. The molecule has 1 fully saturated rings. The maximum Gasteiger partial charge on any atom is 0.256 e. The maximum absolute atomic E-state index is 12.2. The Bertz CT molecular complexity index is 419. The average Bonchev–Trinajstić information content (AvgIpc) is 2.39. The van der Waals surface area contributed by atoms with Crippen molar-refractivity contribution in [2.75, 3.05) is 20.2 Å². The van der Waals surface area contributed by atoms with Crippen molar-refractivity contribution in [1.82, 2.24) is 9.88 Å². The van der Waals surface area contributed by atoms with Gasteiger partial charge in [0, 0.05) is 26.4 Å².